The van der Waals surface area contributed by atoms with Crippen LogP contribution in [-0.4, -0.2) is 28.0 Å². The number of hydrogen-bond donors (Lipinski definition) is 0. The van der Waals surface area contributed by atoms with Gasteiger partial charge in [-0.25, -0.2) is 0 Å². The highest BCUT2D eigenvalue weighted by molar-refractivity contribution is 8.03. The number of rotatable bonds is 5. The first-order chi connectivity index (χ1) is 8.19. The molecule has 0 saturated heterocycles. The monoisotopic (exact) mass is 302 g/mol. The zero-order valence-corrected chi connectivity index (χ0v) is 12.6. The Balaban J connectivity index is 1.92. The number of hydrogen-bond acceptors (Lipinski definition) is 7. The van der Waals surface area contributed by atoms with Crippen molar-refractivity contribution in [2.75, 3.05) is 12.0 Å². The smallest absolute Gasteiger partial charge is 0.183 e. The lowest BCUT2D eigenvalue weighted by Crippen LogP contribution is -1.98. The van der Waals surface area contributed by atoms with E-state index in [4.69, 9.17) is 0 Å². The third kappa shape index (κ3) is 3.54. The number of thiophene rings is 1. The van der Waals surface area contributed by atoms with Crippen molar-refractivity contribution < 1.29 is 4.79 Å². The van der Waals surface area contributed by atoms with E-state index in [-0.39, 0.29) is 5.78 Å². The van der Waals surface area contributed by atoms with E-state index in [1.54, 1.807) is 23.1 Å². The number of aryl methyl sites for hydroxylation is 1. The van der Waals surface area contributed by atoms with Crippen LogP contribution in [0.25, 0.3) is 0 Å². The molecule has 0 unspecified atom stereocenters. The molecular formula is C10H10N2OS4. The highest BCUT2D eigenvalue weighted by Crippen LogP contribution is 2.28. The molecule has 0 aliphatic carbocycles. The van der Waals surface area contributed by atoms with E-state index >= 15 is 0 Å². The summed E-state index contributed by atoms with van der Waals surface area (Å²) in [5.74, 6) is 0.595. The third-order valence-electron chi connectivity index (χ3n) is 1.90. The standard InChI is InChI=1S/C10H10N2OS4/c1-6-3-4-8(16-6)7(13)5-15-10-12-11-9(14-2)17-10/h3-4H,5H2,1-2H3. The Bertz CT molecular complexity index is 520. The van der Waals surface area contributed by atoms with Crippen molar-refractivity contribution in [1.29, 1.82) is 0 Å². The molecule has 0 fully saturated rings. The van der Waals surface area contributed by atoms with Crippen LogP contribution in [0.1, 0.15) is 14.5 Å². The first kappa shape index (κ1) is 13.1. The van der Waals surface area contributed by atoms with E-state index in [0.29, 0.717) is 5.75 Å². The van der Waals surface area contributed by atoms with Gasteiger partial charge in [-0.3, -0.25) is 4.79 Å². The summed E-state index contributed by atoms with van der Waals surface area (Å²) >= 11 is 6.10. The highest BCUT2D eigenvalue weighted by atomic mass is 32.2. The molecule has 17 heavy (non-hydrogen) atoms. The van der Waals surface area contributed by atoms with E-state index < -0.39 is 0 Å². The van der Waals surface area contributed by atoms with Crippen molar-refractivity contribution in [2.24, 2.45) is 0 Å². The fraction of sp³-hybridized carbons (Fsp3) is 0.300. The molecule has 0 amide bonds. The van der Waals surface area contributed by atoms with Gasteiger partial charge in [0.25, 0.3) is 0 Å². The zero-order valence-electron chi connectivity index (χ0n) is 9.30. The molecule has 0 saturated carbocycles. The molecule has 2 heterocycles. The maximum Gasteiger partial charge on any atom is 0.183 e. The van der Waals surface area contributed by atoms with E-state index in [9.17, 15) is 4.79 Å². The maximum atomic E-state index is 11.8. The van der Waals surface area contributed by atoms with Gasteiger partial charge in [0.1, 0.15) is 0 Å². The Labute approximate surface area is 116 Å². The fourth-order valence-electron chi connectivity index (χ4n) is 1.12. The van der Waals surface area contributed by atoms with Crippen molar-refractivity contribution in [1.82, 2.24) is 10.2 Å². The number of carbonyl (C=O) groups is 1. The summed E-state index contributed by atoms with van der Waals surface area (Å²) < 4.78 is 1.79. The number of carbonyl (C=O) groups excluding carboxylic acids is 1. The molecule has 2 rings (SSSR count). The molecule has 0 aromatic carbocycles. The van der Waals surface area contributed by atoms with Gasteiger partial charge in [0.2, 0.25) is 0 Å². The molecule has 7 heteroatoms. The largest absolute Gasteiger partial charge is 0.292 e. The van der Waals surface area contributed by atoms with Crippen LogP contribution in [0.3, 0.4) is 0 Å². The predicted molar refractivity (Wildman–Crippen MR) is 75.8 cm³/mol. The Morgan fingerprint density at radius 1 is 1.29 bits per heavy atom. The SMILES string of the molecule is CSc1nnc(SCC(=O)c2ccc(C)s2)s1. The van der Waals surface area contributed by atoms with E-state index in [1.807, 2.05) is 25.3 Å². The van der Waals surface area contributed by atoms with Crippen molar-refractivity contribution >= 4 is 52.0 Å². The first-order valence-corrected chi connectivity index (χ1v) is 8.63. The topological polar surface area (TPSA) is 42.9 Å². The zero-order chi connectivity index (χ0) is 12.3. The molecule has 2 aromatic rings. The van der Waals surface area contributed by atoms with Crippen LogP contribution in [-0.2, 0) is 0 Å². The molecule has 2 aromatic heterocycles. The second-order valence-corrected chi connectivity index (χ2v) is 7.70. The van der Waals surface area contributed by atoms with Crippen molar-refractivity contribution in [3.8, 4) is 0 Å². The Hall–Kier alpha value is -0.370. The van der Waals surface area contributed by atoms with Gasteiger partial charge in [-0.15, -0.1) is 21.5 Å². The second-order valence-electron chi connectivity index (χ2n) is 3.16. The quantitative estimate of drug-likeness (QED) is 0.623. The van der Waals surface area contributed by atoms with Gasteiger partial charge in [0.15, 0.2) is 14.5 Å². The van der Waals surface area contributed by atoms with Crippen LogP contribution >= 0.6 is 46.2 Å². The molecular weight excluding hydrogens is 292 g/mol. The van der Waals surface area contributed by atoms with Gasteiger partial charge in [0.05, 0.1) is 10.6 Å². The first-order valence-electron chi connectivity index (χ1n) is 4.79. The molecule has 90 valence electrons. The van der Waals surface area contributed by atoms with Crippen LogP contribution in [0.5, 0.6) is 0 Å². The van der Waals surface area contributed by atoms with Gasteiger partial charge >= 0.3 is 0 Å². The minimum Gasteiger partial charge on any atom is -0.292 e. The van der Waals surface area contributed by atoms with Gasteiger partial charge in [-0.1, -0.05) is 34.9 Å². The van der Waals surface area contributed by atoms with Crippen LogP contribution < -0.4 is 0 Å². The molecule has 0 N–H and O–H groups in total. The number of nitrogens with zero attached hydrogens (tertiary/aromatic N) is 2. The Morgan fingerprint density at radius 2 is 2.06 bits per heavy atom. The minimum atomic E-state index is 0.161. The van der Waals surface area contributed by atoms with Gasteiger partial charge in [-0.05, 0) is 25.3 Å². The molecule has 0 bridgehead atoms. The van der Waals surface area contributed by atoms with E-state index in [0.717, 1.165) is 13.6 Å². The van der Waals surface area contributed by atoms with Gasteiger partial charge in [-0.2, -0.15) is 0 Å². The number of Topliss-reactive ketones (excluding diaryl/α,β-unsaturated/α-hetero) is 1. The molecule has 0 aliphatic rings. The molecule has 0 spiro atoms. The normalized spacial score (nSPS) is 10.7. The Kier molecular flexibility index (Phi) is 4.61. The summed E-state index contributed by atoms with van der Waals surface area (Å²) in [7, 11) is 0. The maximum absolute atomic E-state index is 11.8. The average molecular weight is 302 g/mol. The number of ketones is 1. The lowest BCUT2D eigenvalue weighted by atomic mass is 10.3. The summed E-state index contributed by atoms with van der Waals surface area (Å²) in [5, 5.41) is 8.01. The highest BCUT2D eigenvalue weighted by Gasteiger charge is 2.11. The van der Waals surface area contributed by atoms with Gasteiger partial charge < -0.3 is 0 Å². The summed E-state index contributed by atoms with van der Waals surface area (Å²) in [5.41, 5.74) is 0. The lowest BCUT2D eigenvalue weighted by Gasteiger charge is -1.94. The van der Waals surface area contributed by atoms with Crippen LogP contribution in [0.15, 0.2) is 20.8 Å². The summed E-state index contributed by atoms with van der Waals surface area (Å²) in [6, 6.07) is 3.86. The van der Waals surface area contributed by atoms with Crippen molar-refractivity contribution in [2.45, 2.75) is 15.6 Å². The average Bonchev–Trinajstić information content (AvgIpc) is 2.94. The molecule has 3 nitrogen and oxygen atoms in total. The third-order valence-corrected chi connectivity index (χ3v) is 5.98. The lowest BCUT2D eigenvalue weighted by molar-refractivity contribution is 0.102. The molecule has 0 radical (unpaired) electrons. The second kappa shape index (κ2) is 5.99. The van der Waals surface area contributed by atoms with E-state index in [1.165, 1.54) is 28.0 Å². The van der Waals surface area contributed by atoms with Crippen LogP contribution in [0.4, 0.5) is 0 Å². The number of thioether (sulfide) groups is 2. The van der Waals surface area contributed by atoms with Crippen LogP contribution in [0, 0.1) is 6.92 Å². The summed E-state index contributed by atoms with van der Waals surface area (Å²) in [6.07, 6.45) is 1.97. The molecule has 0 atom stereocenters. The fourth-order valence-corrected chi connectivity index (χ4v) is 4.34. The minimum absolute atomic E-state index is 0.161. The number of aromatic nitrogens is 2. The van der Waals surface area contributed by atoms with E-state index in [2.05, 4.69) is 10.2 Å². The Morgan fingerprint density at radius 3 is 2.65 bits per heavy atom. The van der Waals surface area contributed by atoms with Gasteiger partial charge in [0, 0.05) is 4.88 Å². The summed E-state index contributed by atoms with van der Waals surface area (Å²) in [4.78, 5) is 13.8. The molecule has 0 aliphatic heterocycles. The predicted octanol–water partition coefficient (Wildman–Crippen LogP) is 3.60. The van der Waals surface area contributed by atoms with Crippen molar-refractivity contribution in [3.63, 3.8) is 0 Å². The van der Waals surface area contributed by atoms with Crippen molar-refractivity contribution in [3.05, 3.63) is 21.9 Å². The van der Waals surface area contributed by atoms with Crippen LogP contribution in [0.2, 0.25) is 0 Å². The summed E-state index contributed by atoms with van der Waals surface area (Å²) in [6.45, 7) is 2.00.